The molecule has 0 radical (unpaired) electrons. The van der Waals surface area contributed by atoms with E-state index in [0.717, 1.165) is 38.7 Å². The van der Waals surface area contributed by atoms with E-state index in [9.17, 15) is 4.79 Å². The first kappa shape index (κ1) is 18.6. The summed E-state index contributed by atoms with van der Waals surface area (Å²) in [4.78, 5) is 22.4. The molecule has 0 fully saturated rings. The minimum Gasteiger partial charge on any atom is -0.494 e. The number of aryl methyl sites for hydroxylation is 1. The molecular formula is C21H19N3O2S2. The van der Waals surface area contributed by atoms with Crippen molar-refractivity contribution in [2.75, 3.05) is 11.9 Å². The summed E-state index contributed by atoms with van der Waals surface area (Å²) in [6.07, 6.45) is 0.960. The van der Waals surface area contributed by atoms with E-state index in [0.29, 0.717) is 16.6 Å². The molecule has 142 valence electrons. The van der Waals surface area contributed by atoms with Gasteiger partial charge in [0.2, 0.25) is 0 Å². The Morgan fingerprint density at radius 2 is 1.93 bits per heavy atom. The second kappa shape index (κ2) is 8.08. The van der Waals surface area contributed by atoms with Crippen molar-refractivity contribution in [2.24, 2.45) is 0 Å². The number of hydrogen-bond donors (Lipinski definition) is 1. The largest absolute Gasteiger partial charge is 0.494 e. The van der Waals surface area contributed by atoms with Gasteiger partial charge in [-0.3, -0.25) is 10.1 Å². The number of rotatable bonds is 6. The number of carbonyl (C=O) groups excluding carboxylic acids is 1. The number of amides is 1. The first-order valence-corrected chi connectivity index (χ1v) is 10.6. The van der Waals surface area contributed by atoms with Gasteiger partial charge in [0, 0.05) is 5.56 Å². The molecule has 2 heterocycles. The lowest BCUT2D eigenvalue weighted by Gasteiger charge is -2.02. The molecule has 0 aliphatic heterocycles. The van der Waals surface area contributed by atoms with Crippen molar-refractivity contribution in [3.8, 4) is 16.3 Å². The minimum atomic E-state index is -0.182. The number of hydrogen-bond acceptors (Lipinski definition) is 6. The molecule has 0 atom stereocenters. The zero-order valence-electron chi connectivity index (χ0n) is 15.6. The average Bonchev–Trinajstić information content (AvgIpc) is 3.29. The number of aromatic nitrogens is 2. The topological polar surface area (TPSA) is 64.1 Å². The molecule has 4 rings (SSSR count). The van der Waals surface area contributed by atoms with Gasteiger partial charge in [0.05, 0.1) is 22.5 Å². The van der Waals surface area contributed by atoms with E-state index in [2.05, 4.69) is 22.2 Å². The van der Waals surface area contributed by atoms with Crippen molar-refractivity contribution in [1.82, 2.24) is 9.97 Å². The van der Waals surface area contributed by atoms with Crippen LogP contribution in [0.3, 0.4) is 0 Å². The second-order valence-corrected chi connectivity index (χ2v) is 8.28. The fourth-order valence-electron chi connectivity index (χ4n) is 2.73. The smallest absolute Gasteiger partial charge is 0.269 e. The number of nitrogens with one attached hydrogen (secondary N) is 1. The highest BCUT2D eigenvalue weighted by Crippen LogP contribution is 2.31. The Hall–Kier alpha value is -2.77. The molecule has 0 spiro atoms. The van der Waals surface area contributed by atoms with Crippen molar-refractivity contribution < 1.29 is 9.53 Å². The van der Waals surface area contributed by atoms with Crippen LogP contribution in [0.25, 0.3) is 20.8 Å². The summed E-state index contributed by atoms with van der Waals surface area (Å²) in [5, 5.41) is 4.32. The van der Waals surface area contributed by atoms with Crippen LogP contribution in [-0.4, -0.2) is 22.5 Å². The first-order chi connectivity index (χ1) is 13.6. The van der Waals surface area contributed by atoms with Crippen LogP contribution in [0.2, 0.25) is 0 Å². The summed E-state index contributed by atoms with van der Waals surface area (Å²) in [5.74, 6) is 0.639. The van der Waals surface area contributed by atoms with Crippen LogP contribution >= 0.6 is 22.7 Å². The molecule has 0 unspecified atom stereocenters. The molecule has 7 heteroatoms. The fourth-order valence-corrected chi connectivity index (χ4v) is 4.59. The van der Waals surface area contributed by atoms with Gasteiger partial charge in [-0.15, -0.1) is 11.3 Å². The number of thiazole rings is 2. The van der Waals surface area contributed by atoms with Crippen LogP contribution < -0.4 is 10.1 Å². The predicted molar refractivity (Wildman–Crippen MR) is 116 cm³/mol. The SMILES string of the molecule is CCCOc1ccc2nc(NC(=O)c3sc(-c4ccccc4)nc3C)sc2c1. The van der Waals surface area contributed by atoms with Crippen LogP contribution in [0.15, 0.2) is 48.5 Å². The van der Waals surface area contributed by atoms with Gasteiger partial charge in [-0.2, -0.15) is 0 Å². The van der Waals surface area contributed by atoms with Gasteiger partial charge in [-0.05, 0) is 31.5 Å². The minimum absolute atomic E-state index is 0.182. The number of anilines is 1. The molecule has 5 nitrogen and oxygen atoms in total. The van der Waals surface area contributed by atoms with Gasteiger partial charge in [0.15, 0.2) is 5.13 Å². The highest BCUT2D eigenvalue weighted by Gasteiger charge is 2.18. The molecule has 0 saturated carbocycles. The Labute approximate surface area is 171 Å². The van der Waals surface area contributed by atoms with Gasteiger partial charge in [0.25, 0.3) is 5.91 Å². The average molecular weight is 410 g/mol. The van der Waals surface area contributed by atoms with Crippen LogP contribution in [0.5, 0.6) is 5.75 Å². The molecule has 1 N–H and O–H groups in total. The first-order valence-electron chi connectivity index (χ1n) is 9.01. The maximum Gasteiger partial charge on any atom is 0.269 e. The second-order valence-electron chi connectivity index (χ2n) is 6.25. The highest BCUT2D eigenvalue weighted by molar-refractivity contribution is 7.22. The summed E-state index contributed by atoms with van der Waals surface area (Å²) in [7, 11) is 0. The van der Waals surface area contributed by atoms with E-state index >= 15 is 0 Å². The van der Waals surface area contributed by atoms with Crippen molar-refractivity contribution >= 4 is 43.9 Å². The number of fused-ring (bicyclic) bond motifs is 1. The third kappa shape index (κ3) is 3.90. The zero-order valence-corrected chi connectivity index (χ0v) is 17.2. The molecule has 0 bridgehead atoms. The molecule has 1 amide bonds. The van der Waals surface area contributed by atoms with Gasteiger partial charge in [-0.1, -0.05) is 48.6 Å². The van der Waals surface area contributed by atoms with E-state index in [1.165, 1.54) is 22.7 Å². The number of nitrogens with zero attached hydrogens (tertiary/aromatic N) is 2. The van der Waals surface area contributed by atoms with Crippen LogP contribution in [0, 0.1) is 6.92 Å². The molecule has 4 aromatic rings. The highest BCUT2D eigenvalue weighted by atomic mass is 32.1. The monoisotopic (exact) mass is 409 g/mol. The maximum absolute atomic E-state index is 12.8. The van der Waals surface area contributed by atoms with E-state index in [1.807, 2.05) is 55.5 Å². The molecular weight excluding hydrogens is 390 g/mol. The Bertz CT molecular complexity index is 1120. The van der Waals surface area contributed by atoms with E-state index in [1.54, 1.807) is 0 Å². The molecule has 0 aliphatic rings. The molecule has 2 aromatic carbocycles. The molecule has 2 aromatic heterocycles. The standard InChI is InChI=1S/C21H19N3O2S2/c1-3-11-26-15-9-10-16-17(12-15)27-21(23-16)24-19(25)18-13(2)22-20(28-18)14-7-5-4-6-8-14/h4-10,12H,3,11H2,1-2H3,(H,23,24,25). The Kier molecular flexibility index (Phi) is 5.36. The Morgan fingerprint density at radius 3 is 2.71 bits per heavy atom. The summed E-state index contributed by atoms with van der Waals surface area (Å²) in [5.41, 5.74) is 2.57. The summed E-state index contributed by atoms with van der Waals surface area (Å²) < 4.78 is 6.65. The van der Waals surface area contributed by atoms with E-state index < -0.39 is 0 Å². The quantitative estimate of drug-likeness (QED) is 0.439. The summed E-state index contributed by atoms with van der Waals surface area (Å²) >= 11 is 2.83. The summed E-state index contributed by atoms with van der Waals surface area (Å²) in [6, 6.07) is 15.7. The van der Waals surface area contributed by atoms with Crippen molar-refractivity contribution in [1.29, 1.82) is 0 Å². The number of carbonyl (C=O) groups is 1. The van der Waals surface area contributed by atoms with Gasteiger partial charge in [0.1, 0.15) is 15.6 Å². The zero-order chi connectivity index (χ0) is 19.5. The lowest BCUT2D eigenvalue weighted by molar-refractivity contribution is 0.103. The lowest BCUT2D eigenvalue weighted by Crippen LogP contribution is -2.11. The fraction of sp³-hybridized carbons (Fsp3) is 0.190. The van der Waals surface area contributed by atoms with Crippen molar-refractivity contribution in [3.05, 3.63) is 59.1 Å². The Balaban J connectivity index is 1.54. The maximum atomic E-state index is 12.8. The predicted octanol–water partition coefficient (Wildman–Crippen LogP) is 5.77. The number of benzene rings is 2. The van der Waals surface area contributed by atoms with Crippen LogP contribution in [-0.2, 0) is 0 Å². The third-order valence-electron chi connectivity index (χ3n) is 4.08. The van der Waals surface area contributed by atoms with Crippen molar-refractivity contribution in [3.63, 3.8) is 0 Å². The summed E-state index contributed by atoms with van der Waals surface area (Å²) in [6.45, 7) is 4.61. The normalized spacial score (nSPS) is 10.9. The lowest BCUT2D eigenvalue weighted by atomic mass is 10.2. The van der Waals surface area contributed by atoms with Crippen LogP contribution in [0.4, 0.5) is 5.13 Å². The molecule has 0 aliphatic carbocycles. The third-order valence-corrected chi connectivity index (χ3v) is 6.22. The van der Waals surface area contributed by atoms with Gasteiger partial charge < -0.3 is 4.74 Å². The van der Waals surface area contributed by atoms with Crippen molar-refractivity contribution in [2.45, 2.75) is 20.3 Å². The van der Waals surface area contributed by atoms with E-state index in [4.69, 9.17) is 4.74 Å². The van der Waals surface area contributed by atoms with Crippen LogP contribution in [0.1, 0.15) is 28.7 Å². The van der Waals surface area contributed by atoms with Gasteiger partial charge >= 0.3 is 0 Å². The van der Waals surface area contributed by atoms with E-state index in [-0.39, 0.29) is 5.91 Å². The molecule has 0 saturated heterocycles. The molecule has 28 heavy (non-hydrogen) atoms. The number of ether oxygens (including phenoxy) is 1. The Morgan fingerprint density at radius 1 is 1.11 bits per heavy atom. The van der Waals surface area contributed by atoms with Gasteiger partial charge in [-0.25, -0.2) is 9.97 Å².